The molecule has 0 aliphatic rings. The Kier molecular flexibility index (Phi) is 5.07. The number of rotatable bonds is 4. The van der Waals surface area contributed by atoms with Crippen LogP contribution in [-0.4, -0.2) is 12.1 Å². The van der Waals surface area contributed by atoms with Crippen LogP contribution in [0.15, 0.2) is 41.8 Å². The van der Waals surface area contributed by atoms with Crippen molar-refractivity contribution in [1.82, 2.24) is 5.32 Å². The summed E-state index contributed by atoms with van der Waals surface area (Å²) in [4.78, 5) is 12.9. The second-order valence-electron chi connectivity index (χ2n) is 4.86. The quantitative estimate of drug-likeness (QED) is 0.851. The lowest BCUT2D eigenvalue weighted by Gasteiger charge is -2.14. The zero-order chi connectivity index (χ0) is 16.2. The first kappa shape index (κ1) is 16.4. The average molecular weight is 328 g/mol. The highest BCUT2D eigenvalue weighted by molar-refractivity contribution is 7.09. The van der Waals surface area contributed by atoms with Gasteiger partial charge in [-0.05, 0) is 36.6 Å². The van der Waals surface area contributed by atoms with Gasteiger partial charge in [-0.1, -0.05) is 12.1 Å². The molecule has 0 unspecified atom stereocenters. The first-order chi connectivity index (χ1) is 10.3. The molecule has 0 spiro atoms. The monoisotopic (exact) mass is 328 g/mol. The molecule has 2 amide bonds. The van der Waals surface area contributed by atoms with Crippen LogP contribution in [0.25, 0.3) is 0 Å². The summed E-state index contributed by atoms with van der Waals surface area (Å²) in [5.74, 6) is 0. The minimum atomic E-state index is -4.43. The zero-order valence-corrected chi connectivity index (χ0v) is 12.6. The number of halogens is 3. The summed E-state index contributed by atoms with van der Waals surface area (Å²) in [6, 6.07) is 7.79. The molecule has 1 aromatic carbocycles. The van der Waals surface area contributed by atoms with Crippen molar-refractivity contribution < 1.29 is 18.0 Å². The molecule has 118 valence electrons. The molecule has 1 atom stereocenters. The van der Waals surface area contributed by atoms with Crippen molar-refractivity contribution in [2.24, 2.45) is 0 Å². The fourth-order valence-corrected chi connectivity index (χ4v) is 2.78. The van der Waals surface area contributed by atoms with Crippen LogP contribution in [-0.2, 0) is 12.6 Å². The van der Waals surface area contributed by atoms with Crippen LogP contribution >= 0.6 is 11.3 Å². The fraction of sp³-hybridized carbons (Fsp3) is 0.267. The van der Waals surface area contributed by atoms with E-state index in [0.29, 0.717) is 6.42 Å². The van der Waals surface area contributed by atoms with Gasteiger partial charge in [0.25, 0.3) is 0 Å². The molecule has 1 heterocycles. The number of thiophene rings is 1. The lowest BCUT2D eigenvalue weighted by Crippen LogP contribution is -2.37. The Labute approximate surface area is 130 Å². The maximum absolute atomic E-state index is 12.6. The Hall–Kier alpha value is -2.02. The van der Waals surface area contributed by atoms with Gasteiger partial charge in [0.05, 0.1) is 5.56 Å². The standard InChI is InChI=1S/C15H15F3N2OS/c1-10(8-13-6-3-7-22-13)19-14(21)20-12-5-2-4-11(9-12)15(16,17)18/h2-7,9-10H,8H2,1H3,(H2,19,20,21)/t10-/m0/s1. The molecule has 2 N–H and O–H groups in total. The van der Waals surface area contributed by atoms with Crippen LogP contribution in [0, 0.1) is 0 Å². The number of urea groups is 1. The molecule has 0 aliphatic carbocycles. The average Bonchev–Trinajstić information content (AvgIpc) is 2.90. The van der Waals surface area contributed by atoms with Gasteiger partial charge in [0.15, 0.2) is 0 Å². The number of hydrogen-bond acceptors (Lipinski definition) is 2. The third-order valence-corrected chi connectivity index (χ3v) is 3.81. The summed E-state index contributed by atoms with van der Waals surface area (Å²) in [5.41, 5.74) is -0.687. The van der Waals surface area contributed by atoms with Crippen molar-refractivity contribution in [1.29, 1.82) is 0 Å². The molecule has 0 saturated heterocycles. The molecule has 0 aliphatic heterocycles. The van der Waals surface area contributed by atoms with Crippen molar-refractivity contribution in [2.45, 2.75) is 25.6 Å². The minimum absolute atomic E-state index is 0.107. The number of anilines is 1. The first-order valence-corrected chi connectivity index (χ1v) is 7.50. The van der Waals surface area contributed by atoms with Gasteiger partial charge in [0.1, 0.15) is 0 Å². The molecule has 22 heavy (non-hydrogen) atoms. The maximum atomic E-state index is 12.6. The van der Waals surface area contributed by atoms with E-state index in [4.69, 9.17) is 0 Å². The summed E-state index contributed by atoms with van der Waals surface area (Å²) in [6.07, 6.45) is -3.76. The SMILES string of the molecule is C[C@@H](Cc1cccs1)NC(=O)Nc1cccc(C(F)(F)F)c1. The smallest absolute Gasteiger partial charge is 0.335 e. The maximum Gasteiger partial charge on any atom is 0.416 e. The third kappa shape index (κ3) is 4.77. The molecule has 1 aromatic heterocycles. The molecule has 0 radical (unpaired) electrons. The number of benzene rings is 1. The van der Waals surface area contributed by atoms with E-state index >= 15 is 0 Å². The molecule has 2 aromatic rings. The van der Waals surface area contributed by atoms with E-state index in [1.165, 1.54) is 12.1 Å². The molecular weight excluding hydrogens is 313 g/mol. The predicted molar refractivity (Wildman–Crippen MR) is 81.1 cm³/mol. The predicted octanol–water partition coefficient (Wildman–Crippen LogP) is 4.52. The van der Waals surface area contributed by atoms with E-state index < -0.39 is 17.8 Å². The summed E-state index contributed by atoms with van der Waals surface area (Å²) < 4.78 is 37.8. The summed E-state index contributed by atoms with van der Waals surface area (Å²) in [6.45, 7) is 1.84. The number of nitrogens with one attached hydrogen (secondary N) is 2. The van der Waals surface area contributed by atoms with Crippen molar-refractivity contribution in [3.8, 4) is 0 Å². The van der Waals surface area contributed by atoms with E-state index in [1.54, 1.807) is 11.3 Å². The van der Waals surface area contributed by atoms with E-state index in [0.717, 1.165) is 17.0 Å². The number of hydrogen-bond donors (Lipinski definition) is 2. The number of alkyl halides is 3. The summed E-state index contributed by atoms with van der Waals surface area (Å²) in [7, 11) is 0. The first-order valence-electron chi connectivity index (χ1n) is 6.62. The van der Waals surface area contributed by atoms with Crippen molar-refractivity contribution in [3.63, 3.8) is 0 Å². The lowest BCUT2D eigenvalue weighted by atomic mass is 10.2. The second kappa shape index (κ2) is 6.83. The summed E-state index contributed by atoms with van der Waals surface area (Å²) >= 11 is 1.59. The van der Waals surface area contributed by atoms with Gasteiger partial charge in [-0.3, -0.25) is 0 Å². The van der Waals surface area contributed by atoms with Crippen LogP contribution in [0.5, 0.6) is 0 Å². The molecule has 2 rings (SSSR count). The van der Waals surface area contributed by atoms with Crippen molar-refractivity contribution >= 4 is 23.1 Å². The molecular formula is C15H15F3N2OS. The topological polar surface area (TPSA) is 41.1 Å². The fourth-order valence-electron chi connectivity index (χ4n) is 1.95. The third-order valence-electron chi connectivity index (χ3n) is 2.91. The van der Waals surface area contributed by atoms with E-state index in [-0.39, 0.29) is 11.7 Å². The highest BCUT2D eigenvalue weighted by Gasteiger charge is 2.30. The van der Waals surface area contributed by atoms with Crippen LogP contribution in [0.2, 0.25) is 0 Å². The van der Waals surface area contributed by atoms with Gasteiger partial charge in [0, 0.05) is 23.0 Å². The van der Waals surface area contributed by atoms with Crippen molar-refractivity contribution in [2.75, 3.05) is 5.32 Å². The van der Waals surface area contributed by atoms with Gasteiger partial charge in [-0.2, -0.15) is 13.2 Å². The number of amides is 2. The van der Waals surface area contributed by atoms with Crippen LogP contribution in [0.3, 0.4) is 0 Å². The highest BCUT2D eigenvalue weighted by atomic mass is 32.1. The molecule has 0 bridgehead atoms. The Morgan fingerprint density at radius 1 is 1.27 bits per heavy atom. The minimum Gasteiger partial charge on any atom is -0.335 e. The largest absolute Gasteiger partial charge is 0.416 e. The van der Waals surface area contributed by atoms with Crippen LogP contribution < -0.4 is 10.6 Å². The molecule has 0 fully saturated rings. The lowest BCUT2D eigenvalue weighted by molar-refractivity contribution is -0.137. The summed E-state index contributed by atoms with van der Waals surface area (Å²) in [5, 5.41) is 7.07. The van der Waals surface area contributed by atoms with Crippen molar-refractivity contribution in [3.05, 3.63) is 52.2 Å². The van der Waals surface area contributed by atoms with Crippen LogP contribution in [0.4, 0.5) is 23.7 Å². The van der Waals surface area contributed by atoms with E-state index in [2.05, 4.69) is 10.6 Å². The second-order valence-corrected chi connectivity index (χ2v) is 5.89. The van der Waals surface area contributed by atoms with Gasteiger partial charge in [-0.15, -0.1) is 11.3 Å². The molecule has 0 saturated carbocycles. The molecule has 7 heteroatoms. The van der Waals surface area contributed by atoms with Crippen LogP contribution in [0.1, 0.15) is 17.4 Å². The number of carbonyl (C=O) groups is 1. The Morgan fingerprint density at radius 3 is 2.68 bits per heavy atom. The van der Waals surface area contributed by atoms with E-state index in [1.807, 2.05) is 24.4 Å². The Morgan fingerprint density at radius 2 is 2.05 bits per heavy atom. The van der Waals surface area contributed by atoms with E-state index in [9.17, 15) is 18.0 Å². The van der Waals surface area contributed by atoms with Gasteiger partial charge >= 0.3 is 12.2 Å². The number of carbonyl (C=O) groups excluding carboxylic acids is 1. The Bertz CT molecular complexity index is 626. The van der Waals surface area contributed by atoms with Gasteiger partial charge in [-0.25, -0.2) is 4.79 Å². The van der Waals surface area contributed by atoms with Gasteiger partial charge in [0.2, 0.25) is 0 Å². The zero-order valence-electron chi connectivity index (χ0n) is 11.8. The highest BCUT2D eigenvalue weighted by Crippen LogP contribution is 2.30. The molecule has 3 nitrogen and oxygen atoms in total. The normalized spacial score (nSPS) is 12.7. The Balaban J connectivity index is 1.91. The van der Waals surface area contributed by atoms with Gasteiger partial charge < -0.3 is 10.6 Å².